The van der Waals surface area contributed by atoms with E-state index in [-0.39, 0.29) is 41.6 Å². The van der Waals surface area contributed by atoms with Crippen LogP contribution in [0.3, 0.4) is 0 Å². The number of rotatable bonds is 3. The quantitative estimate of drug-likeness (QED) is 0.893. The molecule has 3 atom stereocenters. The van der Waals surface area contributed by atoms with Crippen LogP contribution in [0.15, 0.2) is 30.3 Å². The van der Waals surface area contributed by atoms with Crippen LogP contribution in [0.25, 0.3) is 0 Å². The number of nitrogens with two attached hydrogens (primary N) is 1. The number of piperidine rings is 1. The van der Waals surface area contributed by atoms with E-state index in [9.17, 15) is 9.59 Å². The van der Waals surface area contributed by atoms with Crippen LogP contribution < -0.4 is 5.73 Å². The largest absolute Gasteiger partial charge is 0.342 e. The zero-order valence-corrected chi connectivity index (χ0v) is 15.8. The molecule has 5 nitrogen and oxygen atoms in total. The molecule has 0 aliphatic carbocycles. The lowest BCUT2D eigenvalue weighted by molar-refractivity contribution is -0.146. The number of benzene rings is 1. The highest BCUT2D eigenvalue weighted by Gasteiger charge is 2.43. The standard InChI is InChI=1S/C19H27N3O2.ClH/c1-19(12-20)10-11-22(13-19)18(24)15-8-9-16(23)21(2)17(15)14-6-4-3-5-7-14;/h3-7,15,17H,8-13,20H2,1-2H3;1H. The second-order valence-electron chi connectivity index (χ2n) is 7.53. The van der Waals surface area contributed by atoms with Gasteiger partial charge in [0.25, 0.3) is 0 Å². The maximum atomic E-state index is 13.2. The van der Waals surface area contributed by atoms with Gasteiger partial charge in [-0.25, -0.2) is 0 Å². The van der Waals surface area contributed by atoms with E-state index >= 15 is 0 Å². The molecule has 1 aromatic carbocycles. The maximum Gasteiger partial charge on any atom is 0.228 e. The Morgan fingerprint density at radius 1 is 1.32 bits per heavy atom. The summed E-state index contributed by atoms with van der Waals surface area (Å²) in [5, 5.41) is 0. The van der Waals surface area contributed by atoms with Gasteiger partial charge in [-0.2, -0.15) is 0 Å². The second kappa shape index (κ2) is 7.75. The smallest absolute Gasteiger partial charge is 0.228 e. The van der Waals surface area contributed by atoms with Crippen molar-refractivity contribution in [2.24, 2.45) is 17.1 Å². The molecule has 2 N–H and O–H groups in total. The summed E-state index contributed by atoms with van der Waals surface area (Å²) < 4.78 is 0. The molecule has 0 saturated carbocycles. The van der Waals surface area contributed by atoms with Gasteiger partial charge >= 0.3 is 0 Å². The molecule has 25 heavy (non-hydrogen) atoms. The summed E-state index contributed by atoms with van der Waals surface area (Å²) in [6.07, 6.45) is 2.02. The Bertz CT molecular complexity index is 624. The third-order valence-corrected chi connectivity index (χ3v) is 5.68. The first-order valence-electron chi connectivity index (χ1n) is 8.75. The lowest BCUT2D eigenvalue weighted by atomic mass is 9.83. The summed E-state index contributed by atoms with van der Waals surface area (Å²) in [7, 11) is 1.81. The molecular formula is C19H28ClN3O2. The average molecular weight is 366 g/mol. The Kier molecular flexibility index (Phi) is 6.12. The number of amides is 2. The van der Waals surface area contributed by atoms with Crippen LogP contribution in [0.4, 0.5) is 0 Å². The molecule has 0 spiro atoms. The van der Waals surface area contributed by atoms with Crippen LogP contribution in [-0.4, -0.2) is 48.3 Å². The molecule has 2 heterocycles. The second-order valence-corrected chi connectivity index (χ2v) is 7.53. The average Bonchev–Trinajstić information content (AvgIpc) is 3.00. The van der Waals surface area contributed by atoms with Crippen molar-refractivity contribution in [3.8, 4) is 0 Å². The van der Waals surface area contributed by atoms with Crippen molar-refractivity contribution in [1.29, 1.82) is 0 Å². The summed E-state index contributed by atoms with van der Waals surface area (Å²) in [4.78, 5) is 29.1. The number of hydrogen-bond donors (Lipinski definition) is 1. The van der Waals surface area contributed by atoms with Crippen LogP contribution in [0.2, 0.25) is 0 Å². The first-order chi connectivity index (χ1) is 11.4. The molecule has 138 valence electrons. The Hall–Kier alpha value is -1.59. The Morgan fingerprint density at radius 2 is 2.00 bits per heavy atom. The van der Waals surface area contributed by atoms with Crippen molar-refractivity contribution in [2.75, 3.05) is 26.7 Å². The molecule has 2 aliphatic heterocycles. The van der Waals surface area contributed by atoms with Gasteiger partial charge in [0.05, 0.1) is 12.0 Å². The van der Waals surface area contributed by atoms with Gasteiger partial charge in [-0.1, -0.05) is 37.3 Å². The number of nitrogens with zero attached hydrogens (tertiary/aromatic N) is 2. The Morgan fingerprint density at radius 3 is 2.60 bits per heavy atom. The third kappa shape index (κ3) is 3.82. The Labute approximate surface area is 155 Å². The number of carbonyl (C=O) groups excluding carboxylic acids is 2. The van der Waals surface area contributed by atoms with Crippen molar-refractivity contribution in [1.82, 2.24) is 9.80 Å². The number of halogens is 1. The minimum Gasteiger partial charge on any atom is -0.342 e. The molecule has 1 aromatic rings. The lowest BCUT2D eigenvalue weighted by Gasteiger charge is -2.40. The SMILES string of the molecule is CN1C(=O)CCC(C(=O)N2CCC(C)(CN)C2)C1c1ccccc1.Cl. The van der Waals surface area contributed by atoms with Gasteiger partial charge in [0, 0.05) is 26.6 Å². The molecule has 0 radical (unpaired) electrons. The van der Waals surface area contributed by atoms with Gasteiger partial charge in [0.15, 0.2) is 0 Å². The van der Waals surface area contributed by atoms with Crippen molar-refractivity contribution in [2.45, 2.75) is 32.2 Å². The van der Waals surface area contributed by atoms with Crippen LogP contribution in [0, 0.1) is 11.3 Å². The first-order valence-corrected chi connectivity index (χ1v) is 8.75. The topological polar surface area (TPSA) is 66.6 Å². The molecule has 0 aromatic heterocycles. The third-order valence-electron chi connectivity index (χ3n) is 5.68. The number of carbonyl (C=O) groups is 2. The van der Waals surface area contributed by atoms with Crippen LogP contribution >= 0.6 is 12.4 Å². The van der Waals surface area contributed by atoms with Crippen molar-refractivity contribution >= 4 is 24.2 Å². The maximum absolute atomic E-state index is 13.2. The molecule has 2 aliphatic rings. The molecule has 0 bridgehead atoms. The molecule has 2 saturated heterocycles. The van der Waals surface area contributed by atoms with Crippen LogP contribution in [-0.2, 0) is 9.59 Å². The number of likely N-dealkylation sites (tertiary alicyclic amines) is 2. The zero-order chi connectivity index (χ0) is 17.3. The predicted octanol–water partition coefficient (Wildman–Crippen LogP) is 2.22. The fourth-order valence-electron chi connectivity index (χ4n) is 4.02. The zero-order valence-electron chi connectivity index (χ0n) is 15.0. The fraction of sp³-hybridized carbons (Fsp3) is 0.579. The van der Waals surface area contributed by atoms with Gasteiger partial charge in [-0.3, -0.25) is 9.59 Å². The summed E-state index contributed by atoms with van der Waals surface area (Å²) in [5.74, 6) is 0.108. The summed E-state index contributed by atoms with van der Waals surface area (Å²) in [5.41, 5.74) is 6.93. The minimum atomic E-state index is -0.176. The van der Waals surface area contributed by atoms with Crippen molar-refractivity contribution in [3.63, 3.8) is 0 Å². The molecule has 2 fully saturated rings. The van der Waals surface area contributed by atoms with Gasteiger partial charge < -0.3 is 15.5 Å². The van der Waals surface area contributed by atoms with E-state index in [1.54, 1.807) is 4.90 Å². The highest BCUT2D eigenvalue weighted by molar-refractivity contribution is 5.85. The summed E-state index contributed by atoms with van der Waals surface area (Å²) >= 11 is 0. The first kappa shape index (κ1) is 19.7. The van der Waals surface area contributed by atoms with E-state index in [0.29, 0.717) is 19.4 Å². The normalized spacial score (nSPS) is 29.5. The van der Waals surface area contributed by atoms with Crippen LogP contribution in [0.1, 0.15) is 37.8 Å². The van der Waals surface area contributed by atoms with E-state index in [0.717, 1.165) is 25.1 Å². The molecular weight excluding hydrogens is 338 g/mol. The molecule has 3 rings (SSSR count). The van der Waals surface area contributed by atoms with Gasteiger partial charge in [0.1, 0.15) is 0 Å². The van der Waals surface area contributed by atoms with Crippen molar-refractivity contribution in [3.05, 3.63) is 35.9 Å². The lowest BCUT2D eigenvalue weighted by Crippen LogP contribution is -2.47. The fourth-order valence-corrected chi connectivity index (χ4v) is 4.02. The molecule has 3 unspecified atom stereocenters. The monoisotopic (exact) mass is 365 g/mol. The summed E-state index contributed by atoms with van der Waals surface area (Å²) in [6.45, 7) is 4.23. The van der Waals surface area contributed by atoms with Crippen molar-refractivity contribution < 1.29 is 9.59 Å². The predicted molar refractivity (Wildman–Crippen MR) is 100 cm³/mol. The van der Waals surface area contributed by atoms with Gasteiger partial charge in [0.2, 0.25) is 11.8 Å². The van der Waals surface area contributed by atoms with E-state index in [1.165, 1.54) is 0 Å². The van der Waals surface area contributed by atoms with E-state index < -0.39 is 0 Å². The highest BCUT2D eigenvalue weighted by Crippen LogP contribution is 2.38. The van der Waals surface area contributed by atoms with Crippen LogP contribution in [0.5, 0.6) is 0 Å². The van der Waals surface area contributed by atoms with Gasteiger partial charge in [-0.05, 0) is 30.4 Å². The molecule has 6 heteroatoms. The Balaban J connectivity index is 0.00000225. The van der Waals surface area contributed by atoms with Gasteiger partial charge in [-0.15, -0.1) is 12.4 Å². The van der Waals surface area contributed by atoms with E-state index in [1.807, 2.05) is 42.3 Å². The van der Waals surface area contributed by atoms with E-state index in [4.69, 9.17) is 5.73 Å². The number of hydrogen-bond acceptors (Lipinski definition) is 3. The summed E-state index contributed by atoms with van der Waals surface area (Å²) in [6, 6.07) is 9.72. The highest BCUT2D eigenvalue weighted by atomic mass is 35.5. The minimum absolute atomic E-state index is 0. The van der Waals surface area contributed by atoms with E-state index in [2.05, 4.69) is 6.92 Å². The molecule has 2 amide bonds.